The smallest absolute Gasteiger partial charge is 0.258 e. The Morgan fingerprint density at radius 1 is 1.29 bits per heavy atom. The van der Waals surface area contributed by atoms with E-state index in [9.17, 15) is 4.79 Å². The maximum Gasteiger partial charge on any atom is 0.258 e. The van der Waals surface area contributed by atoms with Gasteiger partial charge in [0.25, 0.3) is 5.91 Å². The summed E-state index contributed by atoms with van der Waals surface area (Å²) in [5.74, 6) is 1.10. The number of rotatable bonds is 8. The van der Waals surface area contributed by atoms with Crippen LogP contribution in [0.25, 0.3) is 0 Å². The number of hydrogen-bond donors (Lipinski definition) is 2. The summed E-state index contributed by atoms with van der Waals surface area (Å²) in [5.41, 5.74) is 6.82. The highest BCUT2D eigenvalue weighted by molar-refractivity contribution is 5.77. The zero-order chi connectivity index (χ0) is 15.8. The van der Waals surface area contributed by atoms with Crippen molar-refractivity contribution in [2.24, 2.45) is 5.73 Å². The normalized spacial score (nSPS) is 12.1. The van der Waals surface area contributed by atoms with Gasteiger partial charge in [0, 0.05) is 12.1 Å². The van der Waals surface area contributed by atoms with Gasteiger partial charge < -0.3 is 20.5 Å². The molecule has 0 radical (unpaired) electrons. The van der Waals surface area contributed by atoms with E-state index in [0.29, 0.717) is 24.5 Å². The highest BCUT2D eigenvalue weighted by Crippen LogP contribution is 2.32. The average Bonchev–Trinajstić information content (AvgIpc) is 2.36. The second-order valence-electron chi connectivity index (χ2n) is 5.37. The molecule has 1 unspecified atom stereocenters. The van der Waals surface area contributed by atoms with Crippen LogP contribution in [0.3, 0.4) is 0 Å². The first-order chi connectivity index (χ1) is 9.93. The van der Waals surface area contributed by atoms with Crippen molar-refractivity contribution >= 4 is 5.91 Å². The van der Waals surface area contributed by atoms with Crippen molar-refractivity contribution in [1.29, 1.82) is 0 Å². The van der Waals surface area contributed by atoms with E-state index in [1.807, 2.05) is 45.9 Å². The molecule has 0 aliphatic heterocycles. The molecule has 0 aromatic heterocycles. The minimum absolute atomic E-state index is 0.00807. The fourth-order valence-corrected chi connectivity index (χ4v) is 2.00. The van der Waals surface area contributed by atoms with Crippen LogP contribution in [0, 0.1) is 0 Å². The molecule has 1 rings (SSSR count). The molecule has 1 atom stereocenters. The Morgan fingerprint density at radius 3 is 2.57 bits per heavy atom. The molecule has 0 spiro atoms. The van der Waals surface area contributed by atoms with Crippen LogP contribution in [0.2, 0.25) is 0 Å². The van der Waals surface area contributed by atoms with E-state index >= 15 is 0 Å². The quantitative estimate of drug-likeness (QED) is 0.768. The van der Waals surface area contributed by atoms with Gasteiger partial charge in [0.2, 0.25) is 0 Å². The fraction of sp³-hybridized carbons (Fsp3) is 0.562. The third-order valence-electron chi connectivity index (χ3n) is 2.70. The topological polar surface area (TPSA) is 73.6 Å². The second-order valence-corrected chi connectivity index (χ2v) is 5.37. The first-order valence-electron chi connectivity index (χ1n) is 7.36. The predicted molar refractivity (Wildman–Crippen MR) is 83.7 cm³/mol. The van der Waals surface area contributed by atoms with E-state index in [1.165, 1.54) is 0 Å². The van der Waals surface area contributed by atoms with E-state index in [2.05, 4.69) is 5.32 Å². The number of para-hydroxylation sites is 1. The summed E-state index contributed by atoms with van der Waals surface area (Å²) < 4.78 is 11.3. The Bertz CT molecular complexity index is 459. The number of benzene rings is 1. The Kier molecular flexibility index (Phi) is 7.02. The zero-order valence-corrected chi connectivity index (χ0v) is 13.3. The number of ether oxygens (including phenoxy) is 2. The van der Waals surface area contributed by atoms with Gasteiger partial charge in [-0.3, -0.25) is 4.79 Å². The van der Waals surface area contributed by atoms with Crippen LogP contribution in [0.4, 0.5) is 0 Å². The van der Waals surface area contributed by atoms with Crippen LogP contribution in [0.5, 0.6) is 11.5 Å². The van der Waals surface area contributed by atoms with Gasteiger partial charge in [-0.05, 0) is 45.7 Å². The molecule has 5 nitrogen and oxygen atoms in total. The molecule has 0 aliphatic rings. The summed E-state index contributed by atoms with van der Waals surface area (Å²) in [7, 11) is 0. The van der Waals surface area contributed by atoms with Gasteiger partial charge in [0.05, 0.1) is 6.61 Å². The van der Waals surface area contributed by atoms with Gasteiger partial charge in [-0.1, -0.05) is 12.1 Å². The lowest BCUT2D eigenvalue weighted by molar-refractivity contribution is -0.123. The lowest BCUT2D eigenvalue weighted by Gasteiger charge is -2.17. The Labute approximate surface area is 126 Å². The van der Waals surface area contributed by atoms with Crippen LogP contribution in [0.15, 0.2) is 18.2 Å². The number of hydrogen-bond acceptors (Lipinski definition) is 4. The van der Waals surface area contributed by atoms with Crippen molar-refractivity contribution in [2.75, 3.05) is 13.2 Å². The van der Waals surface area contributed by atoms with Crippen molar-refractivity contribution in [1.82, 2.24) is 5.32 Å². The molecule has 5 heteroatoms. The molecule has 0 saturated heterocycles. The number of nitrogens with two attached hydrogens (primary N) is 1. The average molecular weight is 294 g/mol. The summed E-state index contributed by atoms with van der Waals surface area (Å²) in [6.45, 7) is 8.17. The molecule has 0 bridgehead atoms. The zero-order valence-electron chi connectivity index (χ0n) is 13.3. The van der Waals surface area contributed by atoms with Crippen molar-refractivity contribution in [2.45, 2.75) is 46.2 Å². The molecule has 1 aromatic rings. The number of carbonyl (C=O) groups excluding carboxylic acids is 1. The highest BCUT2D eigenvalue weighted by atomic mass is 16.5. The summed E-state index contributed by atoms with van der Waals surface area (Å²) in [5, 5.41) is 2.80. The third-order valence-corrected chi connectivity index (χ3v) is 2.70. The lowest BCUT2D eigenvalue weighted by Crippen LogP contribution is -2.34. The van der Waals surface area contributed by atoms with Gasteiger partial charge in [-0.2, -0.15) is 0 Å². The Balaban J connectivity index is 2.87. The second kappa shape index (κ2) is 8.52. The molecule has 1 aromatic carbocycles. The predicted octanol–water partition coefficient (Wildman–Crippen LogP) is 1.88. The summed E-state index contributed by atoms with van der Waals surface area (Å²) in [6.07, 6.45) is 0.669. The molecule has 3 N–H and O–H groups in total. The maximum absolute atomic E-state index is 11.7. The standard InChI is InChI=1S/C16H26N2O3/c1-5-20-14-8-6-7-13(9-12(4)17)16(14)21-10-15(19)18-11(2)3/h6-8,11-12H,5,9-10,17H2,1-4H3,(H,18,19). The molecular formula is C16H26N2O3. The summed E-state index contributed by atoms with van der Waals surface area (Å²) in [4.78, 5) is 11.7. The van der Waals surface area contributed by atoms with Crippen LogP contribution >= 0.6 is 0 Å². The highest BCUT2D eigenvalue weighted by Gasteiger charge is 2.14. The van der Waals surface area contributed by atoms with Crippen molar-refractivity contribution < 1.29 is 14.3 Å². The minimum atomic E-state index is -0.150. The van der Waals surface area contributed by atoms with Crippen molar-refractivity contribution in [3.63, 3.8) is 0 Å². The Hall–Kier alpha value is -1.75. The molecule has 118 valence electrons. The van der Waals surface area contributed by atoms with Crippen LogP contribution < -0.4 is 20.5 Å². The lowest BCUT2D eigenvalue weighted by atomic mass is 10.1. The fourth-order valence-electron chi connectivity index (χ4n) is 2.00. The van der Waals surface area contributed by atoms with E-state index in [-0.39, 0.29) is 24.6 Å². The van der Waals surface area contributed by atoms with Crippen LogP contribution in [0.1, 0.15) is 33.3 Å². The van der Waals surface area contributed by atoms with Crippen molar-refractivity contribution in [3.05, 3.63) is 23.8 Å². The molecule has 0 aliphatic carbocycles. The van der Waals surface area contributed by atoms with Gasteiger partial charge in [-0.25, -0.2) is 0 Å². The van der Waals surface area contributed by atoms with Gasteiger partial charge in [0.15, 0.2) is 18.1 Å². The van der Waals surface area contributed by atoms with E-state index in [0.717, 1.165) is 5.56 Å². The molecule has 0 saturated carbocycles. The van der Waals surface area contributed by atoms with E-state index < -0.39 is 0 Å². The van der Waals surface area contributed by atoms with Crippen LogP contribution in [-0.2, 0) is 11.2 Å². The van der Waals surface area contributed by atoms with Gasteiger partial charge >= 0.3 is 0 Å². The monoisotopic (exact) mass is 294 g/mol. The van der Waals surface area contributed by atoms with Gasteiger partial charge in [0.1, 0.15) is 0 Å². The minimum Gasteiger partial charge on any atom is -0.490 e. The van der Waals surface area contributed by atoms with Crippen LogP contribution in [-0.4, -0.2) is 31.2 Å². The van der Waals surface area contributed by atoms with E-state index in [1.54, 1.807) is 0 Å². The molecule has 21 heavy (non-hydrogen) atoms. The molecule has 0 fully saturated rings. The first-order valence-corrected chi connectivity index (χ1v) is 7.36. The molecule has 0 heterocycles. The number of carbonyl (C=O) groups is 1. The molecular weight excluding hydrogens is 268 g/mol. The Morgan fingerprint density at radius 2 is 2.00 bits per heavy atom. The summed E-state index contributed by atoms with van der Waals surface area (Å²) >= 11 is 0. The van der Waals surface area contributed by atoms with Crippen molar-refractivity contribution in [3.8, 4) is 11.5 Å². The van der Waals surface area contributed by atoms with E-state index in [4.69, 9.17) is 15.2 Å². The maximum atomic E-state index is 11.7. The first kappa shape index (κ1) is 17.3. The molecule has 1 amide bonds. The SMILES string of the molecule is CCOc1cccc(CC(C)N)c1OCC(=O)NC(C)C. The van der Waals surface area contributed by atoms with Gasteiger partial charge in [-0.15, -0.1) is 0 Å². The number of nitrogens with one attached hydrogen (secondary N) is 1. The third kappa shape index (κ3) is 6.04. The largest absolute Gasteiger partial charge is 0.490 e. The summed E-state index contributed by atoms with van der Waals surface area (Å²) in [6, 6.07) is 5.79. The number of amides is 1.